The van der Waals surface area contributed by atoms with Crippen molar-refractivity contribution in [3.63, 3.8) is 0 Å². The van der Waals surface area contributed by atoms with Crippen molar-refractivity contribution in [3.8, 4) is 0 Å². The Morgan fingerprint density at radius 1 is 1.00 bits per heavy atom. The minimum absolute atomic E-state index is 0.120. The van der Waals surface area contributed by atoms with Crippen LogP contribution in [0.2, 0.25) is 0 Å². The smallest absolute Gasteiger partial charge is 0.253 e. The van der Waals surface area contributed by atoms with E-state index in [0.717, 1.165) is 29.7 Å². The fraction of sp³-hybridized carbons (Fsp3) is 0.552. The minimum atomic E-state index is -1.20. The van der Waals surface area contributed by atoms with Crippen molar-refractivity contribution in [2.45, 2.75) is 57.3 Å². The minimum Gasteiger partial charge on any atom is -0.396 e. The maximum absolute atomic E-state index is 14.4. The van der Waals surface area contributed by atoms with Gasteiger partial charge in [-0.15, -0.1) is 0 Å². The molecular weight excluding hydrogens is 470 g/mol. The number of likely N-dealkylation sites (tertiary alicyclic amines) is 1. The van der Waals surface area contributed by atoms with Gasteiger partial charge in [-0.05, 0) is 43.9 Å². The first kappa shape index (κ1) is 25.7. The average molecular weight is 508 g/mol. The highest BCUT2D eigenvalue weighted by molar-refractivity contribution is 6.06. The summed E-state index contributed by atoms with van der Waals surface area (Å²) < 4.78 is 6.65. The summed E-state index contributed by atoms with van der Waals surface area (Å²) in [6.07, 6.45) is 10.2. The maximum Gasteiger partial charge on any atom is 0.253 e. The van der Waals surface area contributed by atoms with E-state index in [1.807, 2.05) is 56.4 Å². The average Bonchev–Trinajstić information content (AvgIpc) is 3.19. The van der Waals surface area contributed by atoms with Gasteiger partial charge in [0.15, 0.2) is 0 Å². The molecule has 1 spiro atoms. The molecule has 2 fully saturated rings. The van der Waals surface area contributed by atoms with Crippen molar-refractivity contribution < 1.29 is 24.2 Å². The number of carbonyl (C=O) groups excluding carboxylic acids is 3. The third kappa shape index (κ3) is 4.20. The first-order chi connectivity index (χ1) is 17.8. The number of hydrogen-bond donors (Lipinski definition) is 1. The van der Waals surface area contributed by atoms with Crippen molar-refractivity contribution in [2.75, 3.05) is 38.2 Å². The molecule has 1 unspecified atom stereocenters. The van der Waals surface area contributed by atoms with Gasteiger partial charge in [-0.2, -0.15) is 0 Å². The molecule has 5 atom stereocenters. The van der Waals surface area contributed by atoms with Crippen LogP contribution in [0.15, 0.2) is 42.5 Å². The predicted molar refractivity (Wildman–Crippen MR) is 140 cm³/mol. The van der Waals surface area contributed by atoms with Gasteiger partial charge in [0.05, 0.1) is 17.9 Å². The van der Waals surface area contributed by atoms with Gasteiger partial charge in [0.2, 0.25) is 11.8 Å². The summed E-state index contributed by atoms with van der Waals surface area (Å²) in [5.74, 6) is -1.90. The van der Waals surface area contributed by atoms with Crippen LogP contribution in [0.4, 0.5) is 5.69 Å². The molecule has 5 rings (SSSR count). The Bertz CT molecular complexity index is 1150. The van der Waals surface area contributed by atoms with E-state index in [1.165, 1.54) is 0 Å². The third-order valence-corrected chi connectivity index (χ3v) is 8.32. The molecule has 8 nitrogen and oxygen atoms in total. The number of hydrogen-bond acceptors (Lipinski definition) is 5. The molecule has 0 bridgehead atoms. The number of fused-ring (bicyclic) bond motifs is 2. The Morgan fingerprint density at radius 3 is 2.57 bits per heavy atom. The standard InChI is InChI=1S/C29H37N3O5/c1-19-11-12-20(2)21(18-19)31-16-9-13-29-24(23-22(37-29)10-8-14-30(3)26(23)34)27(35)32(25(29)28(31)36)15-6-4-5-7-17-33/h8-13,18,22-25,33H,4-7,14-17H2,1-3H3/t22-,23+,24-,25?,29-/m0/s1. The van der Waals surface area contributed by atoms with Crippen LogP contribution >= 0.6 is 0 Å². The summed E-state index contributed by atoms with van der Waals surface area (Å²) in [4.78, 5) is 47.0. The number of likely N-dealkylation sites (N-methyl/N-ethyl adjacent to an activating group) is 1. The molecule has 8 heteroatoms. The van der Waals surface area contributed by atoms with E-state index in [9.17, 15) is 14.4 Å². The number of amides is 3. The molecule has 4 aliphatic rings. The second-order valence-electron chi connectivity index (χ2n) is 10.8. The molecule has 2 saturated heterocycles. The molecular formula is C29H37N3O5. The summed E-state index contributed by atoms with van der Waals surface area (Å²) >= 11 is 0. The van der Waals surface area contributed by atoms with Crippen molar-refractivity contribution in [1.29, 1.82) is 0 Å². The number of nitrogens with zero attached hydrogens (tertiary/aromatic N) is 3. The lowest BCUT2D eigenvalue weighted by atomic mass is 9.77. The number of benzene rings is 1. The molecule has 4 aliphatic heterocycles. The maximum atomic E-state index is 14.4. The normalized spacial score (nSPS) is 30.9. The Morgan fingerprint density at radius 2 is 1.78 bits per heavy atom. The van der Waals surface area contributed by atoms with Crippen LogP contribution in [0, 0.1) is 25.7 Å². The van der Waals surface area contributed by atoms with E-state index >= 15 is 0 Å². The fourth-order valence-corrected chi connectivity index (χ4v) is 6.48. The first-order valence-corrected chi connectivity index (χ1v) is 13.4. The number of aryl methyl sites for hydroxylation is 2. The molecule has 1 aromatic carbocycles. The van der Waals surface area contributed by atoms with Gasteiger partial charge < -0.3 is 24.5 Å². The number of ether oxygens (including phenoxy) is 1. The van der Waals surface area contributed by atoms with E-state index in [0.29, 0.717) is 32.5 Å². The van der Waals surface area contributed by atoms with E-state index < -0.39 is 29.6 Å². The van der Waals surface area contributed by atoms with Gasteiger partial charge in [0.25, 0.3) is 5.91 Å². The quantitative estimate of drug-likeness (QED) is 0.452. The van der Waals surface area contributed by atoms with E-state index in [1.54, 1.807) is 21.7 Å². The molecule has 198 valence electrons. The summed E-state index contributed by atoms with van der Waals surface area (Å²) in [5.41, 5.74) is 1.67. The molecule has 0 aromatic heterocycles. The monoisotopic (exact) mass is 507 g/mol. The van der Waals surface area contributed by atoms with Crippen molar-refractivity contribution in [2.24, 2.45) is 11.8 Å². The van der Waals surface area contributed by atoms with Gasteiger partial charge in [0.1, 0.15) is 11.6 Å². The molecule has 1 aromatic rings. The highest BCUT2D eigenvalue weighted by atomic mass is 16.5. The Hall–Kier alpha value is -2.97. The number of carbonyl (C=O) groups is 3. The largest absolute Gasteiger partial charge is 0.396 e. The molecule has 3 amide bonds. The fourth-order valence-electron chi connectivity index (χ4n) is 6.48. The zero-order valence-electron chi connectivity index (χ0n) is 21.9. The van der Waals surface area contributed by atoms with Crippen molar-refractivity contribution in [3.05, 3.63) is 53.6 Å². The summed E-state index contributed by atoms with van der Waals surface area (Å²) in [6, 6.07) is 5.19. The molecule has 4 heterocycles. The lowest BCUT2D eigenvalue weighted by molar-refractivity contribution is -0.143. The second kappa shape index (κ2) is 10.1. The third-order valence-electron chi connectivity index (χ3n) is 8.32. The lowest BCUT2D eigenvalue weighted by Gasteiger charge is -2.35. The van der Waals surface area contributed by atoms with Gasteiger partial charge in [-0.25, -0.2) is 0 Å². The predicted octanol–water partition coefficient (Wildman–Crippen LogP) is 2.37. The number of unbranched alkanes of at least 4 members (excludes halogenated alkanes) is 3. The van der Waals surface area contributed by atoms with Crippen LogP contribution in [0.3, 0.4) is 0 Å². The van der Waals surface area contributed by atoms with Crippen molar-refractivity contribution in [1.82, 2.24) is 9.80 Å². The van der Waals surface area contributed by atoms with E-state index in [4.69, 9.17) is 9.84 Å². The Labute approximate surface area is 218 Å². The van der Waals surface area contributed by atoms with E-state index in [2.05, 4.69) is 0 Å². The first-order valence-electron chi connectivity index (χ1n) is 13.4. The van der Waals surface area contributed by atoms with Crippen LogP contribution in [0.1, 0.15) is 36.8 Å². The number of anilines is 1. The van der Waals surface area contributed by atoms with Crippen LogP contribution in [-0.4, -0.2) is 83.7 Å². The molecule has 0 aliphatic carbocycles. The van der Waals surface area contributed by atoms with Crippen LogP contribution in [0.5, 0.6) is 0 Å². The SMILES string of the molecule is Cc1ccc(C)c(N2CC=C[C@]34O[C@H]5C=CCN(C)C(=O)[C@H]5[C@H]3C(=O)N(CCCCCCO)C4C2=O)c1. The van der Waals surface area contributed by atoms with Crippen molar-refractivity contribution >= 4 is 23.4 Å². The van der Waals surface area contributed by atoms with Gasteiger partial charge in [-0.1, -0.05) is 49.3 Å². The second-order valence-corrected chi connectivity index (χ2v) is 10.8. The molecule has 0 saturated carbocycles. The molecule has 0 radical (unpaired) electrons. The highest BCUT2D eigenvalue weighted by Crippen LogP contribution is 2.53. The molecule has 1 N–H and O–H groups in total. The van der Waals surface area contributed by atoms with Gasteiger partial charge >= 0.3 is 0 Å². The van der Waals surface area contributed by atoms with Crippen LogP contribution < -0.4 is 4.90 Å². The summed E-state index contributed by atoms with van der Waals surface area (Å²) in [5, 5.41) is 9.13. The number of rotatable bonds is 7. The van der Waals surface area contributed by atoms with Crippen LogP contribution in [0.25, 0.3) is 0 Å². The topological polar surface area (TPSA) is 90.4 Å². The number of aliphatic hydroxyl groups is 1. The van der Waals surface area contributed by atoms with Crippen LogP contribution in [-0.2, 0) is 19.1 Å². The molecule has 37 heavy (non-hydrogen) atoms. The van der Waals surface area contributed by atoms with Gasteiger partial charge in [0, 0.05) is 39.0 Å². The Kier molecular flexibility index (Phi) is 6.98. The number of aliphatic hydroxyl groups excluding tert-OH is 1. The van der Waals surface area contributed by atoms with Gasteiger partial charge in [-0.3, -0.25) is 14.4 Å². The van der Waals surface area contributed by atoms with E-state index in [-0.39, 0.29) is 24.3 Å². The highest BCUT2D eigenvalue weighted by Gasteiger charge is 2.71. The lowest BCUT2D eigenvalue weighted by Crippen LogP contribution is -2.55. The Balaban J connectivity index is 1.56. The zero-order valence-corrected chi connectivity index (χ0v) is 21.9. The zero-order chi connectivity index (χ0) is 26.3. The summed E-state index contributed by atoms with van der Waals surface area (Å²) in [7, 11) is 1.74. The summed E-state index contributed by atoms with van der Waals surface area (Å²) in [6.45, 7) is 5.37.